The van der Waals surface area contributed by atoms with Crippen molar-refractivity contribution in [3.8, 4) is 0 Å². The van der Waals surface area contributed by atoms with Crippen LogP contribution in [0.2, 0.25) is 0 Å². The van der Waals surface area contributed by atoms with Gasteiger partial charge in [-0.25, -0.2) is 0 Å². The molecule has 66 heavy (non-hydrogen) atoms. The van der Waals surface area contributed by atoms with Crippen LogP contribution in [0.25, 0.3) is 0 Å². The van der Waals surface area contributed by atoms with Crippen molar-refractivity contribution in [3.05, 3.63) is 122 Å². The molecule has 1 unspecified atom stereocenters. The minimum Gasteiger partial charge on any atom is -0.462 e. The predicted molar refractivity (Wildman–Crippen MR) is 283 cm³/mol. The summed E-state index contributed by atoms with van der Waals surface area (Å²) in [5.41, 5.74) is 0. The molecule has 0 aromatic rings. The maximum atomic E-state index is 12.8. The van der Waals surface area contributed by atoms with Crippen molar-refractivity contribution in [1.82, 2.24) is 0 Å². The third kappa shape index (κ3) is 50.8. The lowest BCUT2D eigenvalue weighted by molar-refractivity contribution is -0.167. The van der Waals surface area contributed by atoms with Gasteiger partial charge < -0.3 is 14.2 Å². The summed E-state index contributed by atoms with van der Waals surface area (Å²) >= 11 is 0. The molecular weight excluding hydrogens is 817 g/mol. The van der Waals surface area contributed by atoms with E-state index in [-0.39, 0.29) is 37.5 Å². The quantitative estimate of drug-likeness (QED) is 0.0199. The molecule has 0 aliphatic rings. The molecular formula is C60H96O6. The summed E-state index contributed by atoms with van der Waals surface area (Å²) < 4.78 is 16.7. The molecule has 0 aromatic heterocycles. The van der Waals surface area contributed by atoms with E-state index < -0.39 is 6.10 Å². The predicted octanol–water partition coefficient (Wildman–Crippen LogP) is 17.7. The number of hydrogen-bond donors (Lipinski definition) is 0. The highest BCUT2D eigenvalue weighted by Gasteiger charge is 2.19. The summed E-state index contributed by atoms with van der Waals surface area (Å²) in [5, 5.41) is 0. The van der Waals surface area contributed by atoms with E-state index in [1.165, 1.54) is 77.0 Å². The SMILES string of the molecule is CC\C=C/C=C\C=C/C=C\CCCCCC(=O)OCC(COC(=O)CCCCCCC\C=C/C=C\C=C/CCCCCCC)OC(=O)CCC/C=C\C/C=C\C/C=C\CCCCCCCC. The molecule has 0 fully saturated rings. The van der Waals surface area contributed by atoms with Gasteiger partial charge in [-0.3, -0.25) is 14.4 Å². The molecule has 0 N–H and O–H groups in total. The molecule has 372 valence electrons. The van der Waals surface area contributed by atoms with Gasteiger partial charge in [-0.05, 0) is 96.3 Å². The van der Waals surface area contributed by atoms with Gasteiger partial charge in [0, 0.05) is 19.3 Å². The van der Waals surface area contributed by atoms with Crippen LogP contribution >= 0.6 is 0 Å². The number of carbonyl (C=O) groups is 3. The minimum atomic E-state index is -0.833. The van der Waals surface area contributed by atoms with Gasteiger partial charge >= 0.3 is 17.9 Å². The van der Waals surface area contributed by atoms with Gasteiger partial charge in [0.25, 0.3) is 0 Å². The molecule has 6 heteroatoms. The van der Waals surface area contributed by atoms with Crippen molar-refractivity contribution < 1.29 is 28.6 Å². The second-order valence-corrected chi connectivity index (χ2v) is 17.2. The second-order valence-electron chi connectivity index (χ2n) is 17.2. The average Bonchev–Trinajstić information content (AvgIpc) is 3.31. The van der Waals surface area contributed by atoms with Crippen LogP contribution in [-0.4, -0.2) is 37.2 Å². The van der Waals surface area contributed by atoms with Crippen LogP contribution in [0.15, 0.2) is 122 Å². The standard InChI is InChI=1S/C60H96O6/c1-4-7-10-13-16-19-22-25-27-29-31-32-35-38-41-44-47-50-53-59(62)65-56-57(55-64-58(61)52-49-46-43-40-37-34-24-21-18-15-12-9-6-3)66-60(63)54-51-48-45-42-39-36-33-30-28-26-23-20-17-14-11-8-5-2/h9,12,15,18,21-22,24-29,31-34,36-37,42,45,57H,4-8,10-11,13-14,16-17,19-20,23,30,35,38-41,43-44,46-56H2,1-3H3/b12-9-,18-15-,24-21-,25-22-,28-26-,29-27-,32-31-,36-33-,37-34-,45-42-. The van der Waals surface area contributed by atoms with Crippen LogP contribution in [0, 0.1) is 0 Å². The molecule has 0 saturated carbocycles. The van der Waals surface area contributed by atoms with Crippen LogP contribution in [0.4, 0.5) is 0 Å². The first-order valence-corrected chi connectivity index (χ1v) is 26.6. The van der Waals surface area contributed by atoms with Crippen LogP contribution < -0.4 is 0 Å². The Morgan fingerprint density at radius 2 is 0.667 bits per heavy atom. The van der Waals surface area contributed by atoms with Crippen molar-refractivity contribution in [1.29, 1.82) is 0 Å². The maximum Gasteiger partial charge on any atom is 0.306 e. The highest BCUT2D eigenvalue weighted by Crippen LogP contribution is 2.12. The summed E-state index contributed by atoms with van der Waals surface area (Å²) in [5.74, 6) is -1.04. The Hall–Kier alpha value is -4.19. The van der Waals surface area contributed by atoms with Crippen LogP contribution in [0.5, 0.6) is 0 Å². The number of carbonyl (C=O) groups excluding carboxylic acids is 3. The Bertz CT molecular complexity index is 1420. The topological polar surface area (TPSA) is 78.9 Å². The largest absolute Gasteiger partial charge is 0.462 e. The molecule has 0 aliphatic heterocycles. The van der Waals surface area contributed by atoms with Crippen LogP contribution in [0.1, 0.15) is 220 Å². The number of allylic oxidation sites excluding steroid dienone is 20. The van der Waals surface area contributed by atoms with Crippen LogP contribution in [-0.2, 0) is 28.6 Å². The molecule has 0 aromatic carbocycles. The number of hydrogen-bond acceptors (Lipinski definition) is 6. The van der Waals surface area contributed by atoms with Gasteiger partial charge in [-0.15, -0.1) is 0 Å². The Labute approximate surface area is 405 Å². The Morgan fingerprint density at radius 3 is 1.12 bits per heavy atom. The lowest BCUT2D eigenvalue weighted by Gasteiger charge is -2.18. The highest BCUT2D eigenvalue weighted by molar-refractivity contribution is 5.71. The van der Waals surface area contributed by atoms with E-state index in [1.807, 2.05) is 36.5 Å². The van der Waals surface area contributed by atoms with Gasteiger partial charge in [-0.1, -0.05) is 226 Å². The molecule has 0 radical (unpaired) electrons. The first-order chi connectivity index (χ1) is 32.5. The average molecular weight is 913 g/mol. The summed E-state index contributed by atoms with van der Waals surface area (Å²) in [6.45, 7) is 6.36. The zero-order valence-electron chi connectivity index (χ0n) is 42.4. The van der Waals surface area contributed by atoms with Gasteiger partial charge in [0.1, 0.15) is 13.2 Å². The second kappa shape index (κ2) is 53.4. The number of ether oxygens (including phenoxy) is 3. The highest BCUT2D eigenvalue weighted by atomic mass is 16.6. The third-order valence-electron chi connectivity index (χ3n) is 10.8. The van der Waals surface area contributed by atoms with Crippen LogP contribution in [0.3, 0.4) is 0 Å². The maximum absolute atomic E-state index is 12.8. The molecule has 0 spiro atoms. The van der Waals surface area contributed by atoms with E-state index in [4.69, 9.17) is 14.2 Å². The van der Waals surface area contributed by atoms with E-state index in [9.17, 15) is 14.4 Å². The van der Waals surface area contributed by atoms with Crippen molar-refractivity contribution in [2.75, 3.05) is 13.2 Å². The monoisotopic (exact) mass is 913 g/mol. The molecule has 0 amide bonds. The Kier molecular flexibility index (Phi) is 50.0. The van der Waals surface area contributed by atoms with Gasteiger partial charge in [0.15, 0.2) is 6.10 Å². The molecule has 0 rings (SSSR count). The summed E-state index contributed by atoms with van der Waals surface area (Å²) in [6.07, 6.45) is 73.3. The van der Waals surface area contributed by atoms with Crippen molar-refractivity contribution in [2.45, 2.75) is 226 Å². The fourth-order valence-electron chi connectivity index (χ4n) is 6.82. The number of esters is 3. The molecule has 0 bridgehead atoms. The summed E-state index contributed by atoms with van der Waals surface area (Å²) in [4.78, 5) is 38.0. The first-order valence-electron chi connectivity index (χ1n) is 26.6. The molecule has 1 atom stereocenters. The zero-order chi connectivity index (χ0) is 47.9. The fourth-order valence-corrected chi connectivity index (χ4v) is 6.82. The number of rotatable bonds is 46. The van der Waals surface area contributed by atoms with E-state index in [0.29, 0.717) is 19.3 Å². The lowest BCUT2D eigenvalue weighted by Crippen LogP contribution is -2.30. The normalized spacial score (nSPS) is 13.1. The van der Waals surface area contributed by atoms with E-state index >= 15 is 0 Å². The third-order valence-corrected chi connectivity index (χ3v) is 10.8. The first kappa shape index (κ1) is 61.8. The fraction of sp³-hybridized carbons (Fsp3) is 0.617. The smallest absolute Gasteiger partial charge is 0.306 e. The van der Waals surface area contributed by atoms with E-state index in [2.05, 4.69) is 106 Å². The van der Waals surface area contributed by atoms with Crippen molar-refractivity contribution in [2.24, 2.45) is 0 Å². The molecule has 0 aliphatic carbocycles. The Balaban J connectivity index is 4.57. The molecule has 0 saturated heterocycles. The lowest BCUT2D eigenvalue weighted by atomic mass is 10.1. The van der Waals surface area contributed by atoms with E-state index in [1.54, 1.807) is 0 Å². The van der Waals surface area contributed by atoms with Crippen molar-refractivity contribution in [3.63, 3.8) is 0 Å². The zero-order valence-corrected chi connectivity index (χ0v) is 42.4. The van der Waals surface area contributed by atoms with Gasteiger partial charge in [0.2, 0.25) is 0 Å². The number of unbranched alkanes of at least 4 members (excludes halogenated alkanes) is 20. The van der Waals surface area contributed by atoms with Gasteiger partial charge in [-0.2, -0.15) is 0 Å². The minimum absolute atomic E-state index is 0.125. The summed E-state index contributed by atoms with van der Waals surface area (Å²) in [7, 11) is 0. The molecule has 0 heterocycles. The van der Waals surface area contributed by atoms with Gasteiger partial charge in [0.05, 0.1) is 0 Å². The van der Waals surface area contributed by atoms with E-state index in [0.717, 1.165) is 96.3 Å². The Morgan fingerprint density at radius 1 is 0.333 bits per heavy atom. The summed E-state index contributed by atoms with van der Waals surface area (Å²) in [6, 6.07) is 0. The molecule has 6 nitrogen and oxygen atoms in total. The van der Waals surface area contributed by atoms with Crippen molar-refractivity contribution >= 4 is 17.9 Å².